The Hall–Kier alpha value is -3.42. The van der Waals surface area contributed by atoms with E-state index in [4.69, 9.17) is 4.74 Å². The molecule has 2 aromatic carbocycles. The minimum Gasteiger partial charge on any atom is -0.452 e. The molecule has 8 heteroatoms. The number of nitrogens with zero attached hydrogens (tertiary/aromatic N) is 3. The Morgan fingerprint density at radius 1 is 1.07 bits per heavy atom. The molecule has 0 spiro atoms. The van der Waals surface area contributed by atoms with Gasteiger partial charge in [-0.3, -0.25) is 14.9 Å². The third-order valence-electron chi connectivity index (χ3n) is 4.25. The van der Waals surface area contributed by atoms with Crippen molar-refractivity contribution in [2.24, 2.45) is 0 Å². The van der Waals surface area contributed by atoms with E-state index in [9.17, 15) is 19.7 Å². The first-order chi connectivity index (χ1) is 13.2. The molecule has 0 saturated carbocycles. The Kier molecular flexibility index (Phi) is 6.70. The molecule has 28 heavy (non-hydrogen) atoms. The highest BCUT2D eigenvalue weighted by atomic mass is 16.6. The van der Waals surface area contributed by atoms with Gasteiger partial charge in [0.25, 0.3) is 11.6 Å². The summed E-state index contributed by atoms with van der Waals surface area (Å²) in [4.78, 5) is 38.1. The fourth-order valence-corrected chi connectivity index (χ4v) is 2.57. The number of likely N-dealkylation sites (N-methyl/N-ethyl adjacent to an activating group) is 1. The third kappa shape index (κ3) is 5.29. The zero-order valence-electron chi connectivity index (χ0n) is 16.3. The van der Waals surface area contributed by atoms with Crippen molar-refractivity contribution in [1.82, 2.24) is 4.90 Å². The maximum atomic E-state index is 12.2. The largest absolute Gasteiger partial charge is 0.452 e. The van der Waals surface area contributed by atoms with Crippen LogP contribution in [0.4, 0.5) is 11.4 Å². The van der Waals surface area contributed by atoms with Crippen LogP contribution >= 0.6 is 0 Å². The molecular formula is C20H23N3O5. The molecule has 0 aliphatic heterocycles. The third-order valence-corrected chi connectivity index (χ3v) is 4.25. The summed E-state index contributed by atoms with van der Waals surface area (Å²) < 4.78 is 5.05. The van der Waals surface area contributed by atoms with Crippen LogP contribution < -0.4 is 4.90 Å². The van der Waals surface area contributed by atoms with E-state index in [1.807, 2.05) is 43.3 Å². The van der Waals surface area contributed by atoms with Crippen molar-refractivity contribution in [3.8, 4) is 0 Å². The van der Waals surface area contributed by atoms with Crippen LogP contribution in [0.5, 0.6) is 0 Å². The van der Waals surface area contributed by atoms with Crippen molar-refractivity contribution in [1.29, 1.82) is 0 Å². The number of hydrogen-bond donors (Lipinski definition) is 0. The Morgan fingerprint density at radius 2 is 1.71 bits per heavy atom. The van der Waals surface area contributed by atoms with E-state index in [0.29, 0.717) is 12.1 Å². The van der Waals surface area contributed by atoms with Crippen molar-refractivity contribution in [3.05, 3.63) is 69.3 Å². The number of ether oxygens (including phenoxy) is 1. The topological polar surface area (TPSA) is 93.0 Å². The Bertz CT molecular complexity index is 878. The number of nitro benzene ring substituents is 1. The minimum atomic E-state index is -0.699. The second kappa shape index (κ2) is 8.98. The van der Waals surface area contributed by atoms with Crippen molar-refractivity contribution in [3.63, 3.8) is 0 Å². The summed E-state index contributed by atoms with van der Waals surface area (Å²) in [6.07, 6.45) is 0. The molecule has 0 aliphatic carbocycles. The minimum absolute atomic E-state index is 0.0763. The number of amides is 1. The van der Waals surface area contributed by atoms with Gasteiger partial charge < -0.3 is 14.5 Å². The fourth-order valence-electron chi connectivity index (χ4n) is 2.57. The van der Waals surface area contributed by atoms with Gasteiger partial charge in [-0.25, -0.2) is 4.79 Å². The molecule has 1 amide bonds. The molecule has 0 atom stereocenters. The zero-order chi connectivity index (χ0) is 20.8. The summed E-state index contributed by atoms with van der Waals surface area (Å²) in [7, 11) is 5.53. The highest BCUT2D eigenvalue weighted by Gasteiger charge is 2.17. The summed E-state index contributed by atoms with van der Waals surface area (Å²) in [5.41, 5.74) is 2.46. The Balaban J connectivity index is 1.91. The van der Waals surface area contributed by atoms with Crippen LogP contribution in [0.15, 0.2) is 42.5 Å². The molecule has 0 bridgehead atoms. The fraction of sp³-hybridized carbons (Fsp3) is 0.300. The van der Waals surface area contributed by atoms with Gasteiger partial charge in [0.2, 0.25) is 0 Å². The number of hydrogen-bond acceptors (Lipinski definition) is 6. The van der Waals surface area contributed by atoms with E-state index in [2.05, 4.69) is 0 Å². The lowest BCUT2D eigenvalue weighted by Crippen LogP contribution is -2.30. The molecule has 8 nitrogen and oxygen atoms in total. The van der Waals surface area contributed by atoms with E-state index in [-0.39, 0.29) is 17.2 Å². The summed E-state index contributed by atoms with van der Waals surface area (Å²) in [6, 6.07) is 11.7. The second-order valence-electron chi connectivity index (χ2n) is 6.65. The maximum absolute atomic E-state index is 12.2. The van der Waals surface area contributed by atoms with E-state index < -0.39 is 17.5 Å². The van der Waals surface area contributed by atoms with Gasteiger partial charge in [0, 0.05) is 45.0 Å². The van der Waals surface area contributed by atoms with Crippen LogP contribution in [0.1, 0.15) is 21.5 Å². The van der Waals surface area contributed by atoms with Crippen LogP contribution in [0.25, 0.3) is 0 Å². The summed E-state index contributed by atoms with van der Waals surface area (Å²) in [5.74, 6) is -1.04. The first-order valence-electron chi connectivity index (χ1n) is 8.61. The highest BCUT2D eigenvalue weighted by Crippen LogP contribution is 2.19. The van der Waals surface area contributed by atoms with Crippen LogP contribution in [0, 0.1) is 17.0 Å². The molecule has 0 aromatic heterocycles. The molecular weight excluding hydrogens is 362 g/mol. The van der Waals surface area contributed by atoms with Crippen molar-refractivity contribution >= 4 is 23.3 Å². The van der Waals surface area contributed by atoms with Gasteiger partial charge in [0.05, 0.1) is 10.5 Å². The van der Waals surface area contributed by atoms with Gasteiger partial charge in [0.15, 0.2) is 6.61 Å². The van der Waals surface area contributed by atoms with Crippen LogP contribution in [-0.2, 0) is 16.1 Å². The summed E-state index contributed by atoms with van der Waals surface area (Å²) in [6.45, 7) is 1.53. The van der Waals surface area contributed by atoms with Crippen LogP contribution in [0.3, 0.4) is 0 Å². The van der Waals surface area contributed by atoms with E-state index in [1.54, 1.807) is 7.05 Å². The van der Waals surface area contributed by atoms with Crippen molar-refractivity contribution in [2.75, 3.05) is 32.6 Å². The number of carbonyl (C=O) groups is 2. The highest BCUT2D eigenvalue weighted by molar-refractivity contribution is 5.91. The predicted octanol–water partition coefficient (Wildman–Crippen LogP) is 2.78. The number of rotatable bonds is 7. The number of anilines is 1. The Labute approximate surface area is 163 Å². The molecule has 0 aliphatic rings. The number of benzene rings is 2. The van der Waals surface area contributed by atoms with Gasteiger partial charge in [0.1, 0.15) is 0 Å². The van der Waals surface area contributed by atoms with E-state index >= 15 is 0 Å². The maximum Gasteiger partial charge on any atom is 0.338 e. The van der Waals surface area contributed by atoms with Crippen molar-refractivity contribution < 1.29 is 19.2 Å². The smallest absolute Gasteiger partial charge is 0.338 e. The first kappa shape index (κ1) is 20.9. The number of carbonyl (C=O) groups excluding carboxylic acids is 2. The Morgan fingerprint density at radius 3 is 2.25 bits per heavy atom. The molecule has 2 aromatic rings. The number of esters is 1. The molecule has 0 radical (unpaired) electrons. The van der Waals surface area contributed by atoms with Crippen LogP contribution in [0.2, 0.25) is 0 Å². The summed E-state index contributed by atoms with van der Waals surface area (Å²) >= 11 is 0. The quantitative estimate of drug-likeness (QED) is 0.413. The molecule has 2 rings (SSSR count). The van der Waals surface area contributed by atoms with Crippen molar-refractivity contribution in [2.45, 2.75) is 13.5 Å². The molecule has 0 N–H and O–H groups in total. The predicted molar refractivity (Wildman–Crippen MR) is 105 cm³/mol. The van der Waals surface area contributed by atoms with Crippen LogP contribution in [-0.4, -0.2) is 49.4 Å². The second-order valence-corrected chi connectivity index (χ2v) is 6.65. The van der Waals surface area contributed by atoms with Gasteiger partial charge >= 0.3 is 5.97 Å². The van der Waals surface area contributed by atoms with Gasteiger partial charge in [-0.2, -0.15) is 0 Å². The molecule has 148 valence electrons. The standard InChI is InChI=1S/C20H23N3O5/c1-14-11-16(7-10-18(14)23(26)27)20(25)28-13-19(24)22(4)12-15-5-8-17(9-6-15)21(2)3/h5-11H,12-13H2,1-4H3. The molecule has 0 unspecified atom stereocenters. The van der Waals surface area contributed by atoms with E-state index in [0.717, 1.165) is 11.3 Å². The number of nitro groups is 1. The molecule has 0 fully saturated rings. The molecule has 0 saturated heterocycles. The van der Waals surface area contributed by atoms with Gasteiger partial charge in [-0.05, 0) is 36.8 Å². The monoisotopic (exact) mass is 385 g/mol. The first-order valence-corrected chi connectivity index (χ1v) is 8.61. The average Bonchev–Trinajstić information content (AvgIpc) is 2.65. The zero-order valence-corrected chi connectivity index (χ0v) is 16.3. The molecule has 0 heterocycles. The van der Waals surface area contributed by atoms with Gasteiger partial charge in [-0.15, -0.1) is 0 Å². The van der Waals surface area contributed by atoms with Gasteiger partial charge in [-0.1, -0.05) is 12.1 Å². The lowest BCUT2D eigenvalue weighted by Gasteiger charge is -2.18. The average molecular weight is 385 g/mol. The van der Waals surface area contributed by atoms with E-state index in [1.165, 1.54) is 30.0 Å². The lowest BCUT2D eigenvalue weighted by atomic mass is 10.1. The normalized spacial score (nSPS) is 10.3. The summed E-state index contributed by atoms with van der Waals surface area (Å²) in [5, 5.41) is 10.8. The lowest BCUT2D eigenvalue weighted by molar-refractivity contribution is -0.385. The SMILES string of the molecule is Cc1cc(C(=O)OCC(=O)N(C)Cc2ccc(N(C)C)cc2)ccc1[N+](=O)[O-]. The number of aryl methyl sites for hydroxylation is 1.